The Morgan fingerprint density at radius 1 is 0.588 bits per heavy atom. The van der Waals surface area contributed by atoms with E-state index in [-0.39, 0.29) is 0 Å². The van der Waals surface area contributed by atoms with E-state index >= 15 is 0 Å². The fraction of sp³-hybridized carbons (Fsp3) is 0.357. The van der Waals surface area contributed by atoms with E-state index in [0.29, 0.717) is 10.3 Å². The number of aromatic nitrogens is 1. The molecule has 0 saturated carbocycles. The monoisotopic (exact) mass is 267 g/mol. The van der Waals surface area contributed by atoms with Crippen molar-refractivity contribution in [1.29, 1.82) is 0 Å². The first kappa shape index (κ1) is 12.7. The molecule has 0 fully saturated rings. The molecule has 0 aliphatic heterocycles. The molecule has 2 rings (SSSR count). The van der Waals surface area contributed by atoms with Crippen molar-refractivity contribution in [1.82, 2.24) is 4.98 Å². The van der Waals surface area contributed by atoms with Gasteiger partial charge in [0.25, 0.3) is 0 Å². The maximum atomic E-state index is 6.24. The first-order valence-corrected chi connectivity index (χ1v) is 6.33. The zero-order valence-electron chi connectivity index (χ0n) is 10.7. The van der Waals surface area contributed by atoms with Crippen LogP contribution in [0, 0.1) is 34.6 Å². The van der Waals surface area contributed by atoms with Crippen LogP contribution in [0.1, 0.15) is 27.8 Å². The lowest BCUT2D eigenvalue weighted by atomic mass is 9.91. The van der Waals surface area contributed by atoms with Crippen molar-refractivity contribution in [3.05, 3.63) is 38.1 Å². The molecule has 0 radical (unpaired) electrons. The molecule has 0 atom stereocenters. The molecule has 0 bridgehead atoms. The first-order chi connectivity index (χ1) is 7.86. The largest absolute Gasteiger partial charge is 0.223 e. The molecule has 0 aliphatic rings. The Hall–Kier alpha value is -0.790. The van der Waals surface area contributed by atoms with Crippen LogP contribution in [-0.2, 0) is 0 Å². The number of hydrogen-bond donors (Lipinski definition) is 0. The van der Waals surface area contributed by atoms with Gasteiger partial charge >= 0.3 is 0 Å². The molecule has 1 aromatic carbocycles. The molecule has 2 aromatic rings. The second-order valence-corrected chi connectivity index (χ2v) is 5.28. The first-order valence-electron chi connectivity index (χ1n) is 5.58. The quantitative estimate of drug-likeness (QED) is 0.607. The van der Waals surface area contributed by atoms with Crippen LogP contribution in [0.4, 0.5) is 0 Å². The van der Waals surface area contributed by atoms with Crippen LogP contribution in [0.15, 0.2) is 0 Å². The summed E-state index contributed by atoms with van der Waals surface area (Å²) in [5, 5.41) is 3.18. The highest BCUT2D eigenvalue weighted by atomic mass is 35.5. The molecular formula is C14H15Cl2N. The van der Waals surface area contributed by atoms with Crippen molar-refractivity contribution in [2.75, 3.05) is 0 Å². The fourth-order valence-corrected chi connectivity index (χ4v) is 2.91. The maximum Gasteiger partial charge on any atom is 0.138 e. The van der Waals surface area contributed by atoms with Gasteiger partial charge in [-0.25, -0.2) is 4.98 Å². The Bertz CT molecular complexity index is 630. The average Bonchev–Trinajstić information content (AvgIpc) is 2.28. The van der Waals surface area contributed by atoms with Gasteiger partial charge in [0, 0.05) is 5.39 Å². The van der Waals surface area contributed by atoms with E-state index < -0.39 is 0 Å². The minimum absolute atomic E-state index is 0.494. The third kappa shape index (κ3) is 1.73. The Labute approximate surface area is 112 Å². The summed E-state index contributed by atoms with van der Waals surface area (Å²) in [6.45, 7) is 10.5. The minimum atomic E-state index is 0.494. The summed E-state index contributed by atoms with van der Waals surface area (Å²) in [6, 6.07) is 0. The summed E-state index contributed by atoms with van der Waals surface area (Å²) in [5.74, 6) is 0. The molecule has 1 heterocycles. The zero-order chi connectivity index (χ0) is 12.9. The topological polar surface area (TPSA) is 12.9 Å². The maximum absolute atomic E-state index is 6.24. The third-order valence-electron chi connectivity index (χ3n) is 3.77. The van der Waals surface area contributed by atoms with Crippen molar-refractivity contribution in [2.24, 2.45) is 0 Å². The molecule has 1 aromatic heterocycles. The molecular weight excluding hydrogens is 253 g/mol. The molecule has 0 amide bonds. The lowest BCUT2D eigenvalue weighted by Gasteiger charge is -2.17. The Morgan fingerprint density at radius 3 is 1.59 bits per heavy atom. The van der Waals surface area contributed by atoms with Crippen LogP contribution >= 0.6 is 23.2 Å². The van der Waals surface area contributed by atoms with E-state index in [1.807, 2.05) is 6.92 Å². The van der Waals surface area contributed by atoms with Crippen LogP contribution in [0.3, 0.4) is 0 Å². The highest BCUT2D eigenvalue weighted by molar-refractivity contribution is 6.37. The van der Waals surface area contributed by atoms with Crippen LogP contribution in [-0.4, -0.2) is 4.98 Å². The minimum Gasteiger partial charge on any atom is -0.223 e. The fourth-order valence-electron chi connectivity index (χ4n) is 2.37. The van der Waals surface area contributed by atoms with Gasteiger partial charge in [0.15, 0.2) is 0 Å². The Morgan fingerprint density at radius 2 is 1.06 bits per heavy atom. The van der Waals surface area contributed by atoms with Crippen molar-refractivity contribution in [3.63, 3.8) is 0 Å². The van der Waals surface area contributed by atoms with Gasteiger partial charge in [-0.3, -0.25) is 0 Å². The Kier molecular flexibility index (Phi) is 3.09. The van der Waals surface area contributed by atoms with E-state index in [9.17, 15) is 0 Å². The summed E-state index contributed by atoms with van der Waals surface area (Å²) in [7, 11) is 0. The number of fused-ring (bicyclic) bond motifs is 1. The molecule has 1 nitrogen and oxygen atoms in total. The predicted octanol–water partition coefficient (Wildman–Crippen LogP) is 5.08. The average molecular weight is 268 g/mol. The van der Waals surface area contributed by atoms with E-state index in [0.717, 1.165) is 16.3 Å². The summed E-state index contributed by atoms with van der Waals surface area (Å²) >= 11 is 12.4. The van der Waals surface area contributed by atoms with Gasteiger partial charge in [-0.1, -0.05) is 23.2 Å². The van der Waals surface area contributed by atoms with E-state index in [1.54, 1.807) is 0 Å². The number of benzene rings is 1. The predicted molar refractivity (Wildman–Crippen MR) is 75.4 cm³/mol. The summed E-state index contributed by atoms with van der Waals surface area (Å²) in [4.78, 5) is 4.20. The van der Waals surface area contributed by atoms with Crippen molar-refractivity contribution in [3.8, 4) is 0 Å². The van der Waals surface area contributed by atoms with E-state index in [2.05, 4.69) is 32.7 Å². The second-order valence-electron chi connectivity index (χ2n) is 4.57. The van der Waals surface area contributed by atoms with Gasteiger partial charge in [-0.15, -0.1) is 0 Å². The van der Waals surface area contributed by atoms with Crippen LogP contribution in [0.25, 0.3) is 10.8 Å². The number of nitrogens with zero attached hydrogens (tertiary/aromatic N) is 1. The summed E-state index contributed by atoms with van der Waals surface area (Å²) in [5.41, 5.74) is 6.03. The summed E-state index contributed by atoms with van der Waals surface area (Å²) in [6.07, 6.45) is 0. The van der Waals surface area contributed by atoms with Crippen molar-refractivity contribution in [2.45, 2.75) is 34.6 Å². The smallest absolute Gasteiger partial charge is 0.138 e. The third-order valence-corrected chi connectivity index (χ3v) is 4.42. The molecule has 0 unspecified atom stereocenters. The van der Waals surface area contributed by atoms with Gasteiger partial charge in [0.2, 0.25) is 0 Å². The zero-order valence-corrected chi connectivity index (χ0v) is 12.2. The normalized spacial score (nSPS) is 11.2. The van der Waals surface area contributed by atoms with Gasteiger partial charge in [-0.2, -0.15) is 0 Å². The van der Waals surface area contributed by atoms with Crippen LogP contribution in [0.5, 0.6) is 0 Å². The van der Waals surface area contributed by atoms with Gasteiger partial charge in [0.1, 0.15) is 10.3 Å². The highest BCUT2D eigenvalue weighted by Crippen LogP contribution is 2.36. The number of rotatable bonds is 0. The number of aryl methyl sites for hydroxylation is 3. The molecule has 0 saturated heterocycles. The lowest BCUT2D eigenvalue weighted by Crippen LogP contribution is -1.98. The van der Waals surface area contributed by atoms with E-state index in [4.69, 9.17) is 23.2 Å². The van der Waals surface area contributed by atoms with Gasteiger partial charge < -0.3 is 0 Å². The Balaban J connectivity index is 3.17. The molecule has 0 aliphatic carbocycles. The standard InChI is InChI=1S/C14H15Cl2N/c1-6-7(2)9(4)12-11(8(6)3)10(5)13(15)17-14(12)16/h1-5H3. The van der Waals surface area contributed by atoms with Gasteiger partial charge in [0.05, 0.1) is 0 Å². The number of hydrogen-bond acceptors (Lipinski definition) is 1. The van der Waals surface area contributed by atoms with Gasteiger partial charge in [-0.05, 0) is 67.8 Å². The van der Waals surface area contributed by atoms with Crippen molar-refractivity contribution < 1.29 is 0 Å². The molecule has 3 heteroatoms. The number of halogens is 2. The van der Waals surface area contributed by atoms with E-state index in [1.165, 1.54) is 22.3 Å². The number of pyridine rings is 1. The van der Waals surface area contributed by atoms with Crippen LogP contribution in [0.2, 0.25) is 10.3 Å². The summed E-state index contributed by atoms with van der Waals surface area (Å²) < 4.78 is 0. The SMILES string of the molecule is Cc1c(C)c(C)c2c(C)c(Cl)nc(Cl)c2c1C. The molecule has 0 spiro atoms. The highest BCUT2D eigenvalue weighted by Gasteiger charge is 2.16. The molecule has 17 heavy (non-hydrogen) atoms. The molecule has 0 N–H and O–H groups in total. The molecule has 90 valence electrons. The van der Waals surface area contributed by atoms with Crippen LogP contribution < -0.4 is 0 Å². The lowest BCUT2D eigenvalue weighted by molar-refractivity contribution is 1.22. The van der Waals surface area contributed by atoms with Crippen molar-refractivity contribution >= 4 is 34.0 Å². The second kappa shape index (κ2) is 4.15.